The summed E-state index contributed by atoms with van der Waals surface area (Å²) in [5.74, 6) is 0. The zero-order chi connectivity index (χ0) is 12.6. The normalized spacial score (nSPS) is 21.3. The van der Waals surface area contributed by atoms with Gasteiger partial charge in [-0.1, -0.05) is 48.2 Å². The molecule has 0 radical (unpaired) electrons. The van der Waals surface area contributed by atoms with Crippen LogP contribution in [0, 0.1) is 11.3 Å². The van der Waals surface area contributed by atoms with Crippen LogP contribution in [0.15, 0.2) is 58.3 Å². The fraction of sp³-hybridized carbons (Fsp3) is 0.133. The second-order valence-electron chi connectivity index (χ2n) is 4.35. The number of benzene rings is 2. The molecule has 1 N–H and O–H groups in total. The lowest BCUT2D eigenvalue weighted by Gasteiger charge is -2.20. The number of hydrogen-bond acceptors (Lipinski definition) is 3. The lowest BCUT2D eigenvalue weighted by Crippen LogP contribution is -2.26. The molecule has 0 aromatic heterocycles. The maximum Gasteiger partial charge on any atom is 0.181 e. The molecular weight excluding hydrogens is 242 g/mol. The van der Waals surface area contributed by atoms with Crippen LogP contribution in [0.5, 0.6) is 0 Å². The van der Waals surface area contributed by atoms with Crippen LogP contribution >= 0.6 is 11.8 Å². The summed E-state index contributed by atoms with van der Waals surface area (Å²) < 4.78 is 0. The van der Waals surface area contributed by atoms with E-state index in [9.17, 15) is 10.4 Å². The van der Waals surface area contributed by atoms with Gasteiger partial charge >= 0.3 is 0 Å². The van der Waals surface area contributed by atoms with E-state index in [-0.39, 0.29) is 0 Å². The van der Waals surface area contributed by atoms with Gasteiger partial charge in [-0.15, -0.1) is 0 Å². The van der Waals surface area contributed by atoms with Crippen LogP contribution in [0.3, 0.4) is 0 Å². The van der Waals surface area contributed by atoms with E-state index in [1.54, 1.807) is 11.8 Å². The van der Waals surface area contributed by atoms with E-state index in [4.69, 9.17) is 0 Å². The summed E-state index contributed by atoms with van der Waals surface area (Å²) in [6.45, 7) is 0. The molecule has 1 unspecified atom stereocenters. The molecule has 1 atom stereocenters. The van der Waals surface area contributed by atoms with Gasteiger partial charge in [0.25, 0.3) is 0 Å². The molecule has 88 valence electrons. The third kappa shape index (κ3) is 1.71. The molecule has 2 nitrogen and oxygen atoms in total. The minimum absolute atomic E-state index is 0.337. The standard InChI is InChI=1S/C15H11NOS/c16-10-15(17)9-11-5-1-3-7-13(11)18-14-8-4-2-6-12(14)15/h1-8,17H,9H2. The monoisotopic (exact) mass is 253 g/mol. The van der Waals surface area contributed by atoms with Gasteiger partial charge in [0, 0.05) is 21.8 Å². The molecular formula is C15H11NOS. The van der Waals surface area contributed by atoms with Crippen molar-refractivity contribution in [2.75, 3.05) is 0 Å². The summed E-state index contributed by atoms with van der Waals surface area (Å²) in [7, 11) is 0. The molecule has 0 bridgehead atoms. The summed E-state index contributed by atoms with van der Waals surface area (Å²) in [4.78, 5) is 2.06. The quantitative estimate of drug-likeness (QED) is 0.734. The number of aliphatic hydroxyl groups is 1. The smallest absolute Gasteiger partial charge is 0.181 e. The molecule has 2 aromatic carbocycles. The van der Waals surface area contributed by atoms with Gasteiger partial charge in [-0.25, -0.2) is 0 Å². The van der Waals surface area contributed by atoms with E-state index in [0.29, 0.717) is 12.0 Å². The highest BCUT2D eigenvalue weighted by Crippen LogP contribution is 2.42. The first-order valence-corrected chi connectivity index (χ1v) is 6.53. The van der Waals surface area contributed by atoms with Gasteiger partial charge < -0.3 is 5.11 Å². The van der Waals surface area contributed by atoms with Gasteiger partial charge in [-0.3, -0.25) is 0 Å². The Morgan fingerprint density at radius 1 is 1.06 bits per heavy atom. The predicted molar refractivity (Wildman–Crippen MR) is 70.2 cm³/mol. The van der Waals surface area contributed by atoms with Crippen LogP contribution in [-0.2, 0) is 12.0 Å². The summed E-state index contributed by atoms with van der Waals surface area (Å²) in [5, 5.41) is 19.9. The van der Waals surface area contributed by atoms with Gasteiger partial charge in [-0.2, -0.15) is 5.26 Å². The number of nitriles is 1. The highest BCUT2D eigenvalue weighted by atomic mass is 32.2. The minimum Gasteiger partial charge on any atom is -0.371 e. The van der Waals surface area contributed by atoms with E-state index >= 15 is 0 Å². The maximum absolute atomic E-state index is 10.6. The Hall–Kier alpha value is -1.76. The largest absolute Gasteiger partial charge is 0.371 e. The molecule has 0 amide bonds. The molecule has 18 heavy (non-hydrogen) atoms. The van der Waals surface area contributed by atoms with Gasteiger partial charge in [0.15, 0.2) is 5.60 Å². The summed E-state index contributed by atoms with van der Waals surface area (Å²) >= 11 is 1.61. The second-order valence-corrected chi connectivity index (χ2v) is 5.44. The van der Waals surface area contributed by atoms with E-state index in [0.717, 1.165) is 15.4 Å². The van der Waals surface area contributed by atoms with Crippen LogP contribution in [0.2, 0.25) is 0 Å². The average Bonchev–Trinajstić information content (AvgIpc) is 2.53. The lowest BCUT2D eigenvalue weighted by atomic mass is 9.89. The Morgan fingerprint density at radius 2 is 1.72 bits per heavy atom. The Kier molecular flexibility index (Phi) is 2.62. The number of hydrogen-bond donors (Lipinski definition) is 1. The molecule has 0 saturated heterocycles. The average molecular weight is 253 g/mol. The van der Waals surface area contributed by atoms with E-state index < -0.39 is 5.60 Å². The van der Waals surface area contributed by atoms with Gasteiger partial charge in [0.2, 0.25) is 0 Å². The van der Waals surface area contributed by atoms with Crippen LogP contribution in [-0.4, -0.2) is 5.11 Å². The molecule has 1 aliphatic rings. The van der Waals surface area contributed by atoms with E-state index in [1.165, 1.54) is 0 Å². The lowest BCUT2D eigenvalue weighted by molar-refractivity contribution is 0.0953. The van der Waals surface area contributed by atoms with Crippen molar-refractivity contribution in [2.45, 2.75) is 21.8 Å². The number of fused-ring (bicyclic) bond motifs is 2. The fourth-order valence-corrected chi connectivity index (χ4v) is 3.38. The Bertz CT molecular complexity index is 647. The fourth-order valence-electron chi connectivity index (χ4n) is 2.24. The van der Waals surface area contributed by atoms with Crippen LogP contribution in [0.25, 0.3) is 0 Å². The molecule has 0 spiro atoms. The summed E-state index contributed by atoms with van der Waals surface area (Å²) in [6, 6.07) is 17.5. The third-order valence-electron chi connectivity index (χ3n) is 3.16. The SMILES string of the molecule is N#CC1(O)Cc2ccccc2Sc2ccccc21. The highest BCUT2D eigenvalue weighted by molar-refractivity contribution is 7.99. The van der Waals surface area contributed by atoms with Gasteiger partial charge in [0.1, 0.15) is 6.07 Å². The van der Waals surface area contributed by atoms with Crippen LogP contribution < -0.4 is 0 Å². The third-order valence-corrected chi connectivity index (χ3v) is 4.35. The molecule has 3 heteroatoms. The first kappa shape index (κ1) is 11.3. The maximum atomic E-state index is 10.6. The Balaban J connectivity index is 2.25. The summed E-state index contributed by atoms with van der Waals surface area (Å²) in [5.41, 5.74) is 0.285. The van der Waals surface area contributed by atoms with Crippen molar-refractivity contribution in [1.82, 2.24) is 0 Å². The Morgan fingerprint density at radius 3 is 2.50 bits per heavy atom. The van der Waals surface area contributed by atoms with Crippen molar-refractivity contribution < 1.29 is 5.11 Å². The van der Waals surface area contributed by atoms with Gasteiger partial charge in [0.05, 0.1) is 0 Å². The highest BCUT2D eigenvalue weighted by Gasteiger charge is 2.35. The van der Waals surface area contributed by atoms with Crippen molar-refractivity contribution in [1.29, 1.82) is 5.26 Å². The summed E-state index contributed by atoms with van der Waals surface area (Å²) in [6.07, 6.45) is 0.337. The minimum atomic E-state index is -1.43. The van der Waals surface area contributed by atoms with Gasteiger partial charge in [-0.05, 0) is 17.7 Å². The van der Waals surface area contributed by atoms with Crippen LogP contribution in [0.4, 0.5) is 0 Å². The number of nitrogens with zero attached hydrogens (tertiary/aromatic N) is 1. The molecule has 3 rings (SSSR count). The zero-order valence-electron chi connectivity index (χ0n) is 9.63. The van der Waals surface area contributed by atoms with E-state index in [2.05, 4.69) is 6.07 Å². The molecule has 2 aromatic rings. The topological polar surface area (TPSA) is 44.0 Å². The molecule has 0 aliphatic carbocycles. The number of rotatable bonds is 0. The van der Waals surface area contributed by atoms with Crippen molar-refractivity contribution >= 4 is 11.8 Å². The van der Waals surface area contributed by atoms with Crippen molar-refractivity contribution in [2.24, 2.45) is 0 Å². The van der Waals surface area contributed by atoms with Crippen molar-refractivity contribution in [3.8, 4) is 6.07 Å². The predicted octanol–water partition coefficient (Wildman–Crippen LogP) is 3.11. The molecule has 1 heterocycles. The molecule has 0 saturated carbocycles. The van der Waals surface area contributed by atoms with Crippen LogP contribution in [0.1, 0.15) is 11.1 Å². The molecule has 0 fully saturated rings. The van der Waals surface area contributed by atoms with Crippen molar-refractivity contribution in [3.63, 3.8) is 0 Å². The molecule has 1 aliphatic heterocycles. The zero-order valence-corrected chi connectivity index (χ0v) is 10.4. The van der Waals surface area contributed by atoms with Crippen molar-refractivity contribution in [3.05, 3.63) is 59.7 Å². The first-order valence-electron chi connectivity index (χ1n) is 5.72. The second kappa shape index (κ2) is 4.16. The van der Waals surface area contributed by atoms with E-state index in [1.807, 2.05) is 48.5 Å². The Labute approximate surface area is 110 Å². The first-order chi connectivity index (χ1) is 8.73.